The van der Waals surface area contributed by atoms with Crippen LogP contribution in [-0.2, 0) is 4.79 Å². The molecule has 3 aromatic carbocycles. The monoisotopic (exact) mass is 417 g/mol. The molecular formula is C28H23N3O. The van der Waals surface area contributed by atoms with Crippen LogP contribution in [0.2, 0.25) is 0 Å². The van der Waals surface area contributed by atoms with Gasteiger partial charge in [0.05, 0.1) is 11.4 Å². The highest BCUT2D eigenvalue weighted by Gasteiger charge is 2.19. The third-order valence-electron chi connectivity index (χ3n) is 5.63. The average molecular weight is 418 g/mol. The van der Waals surface area contributed by atoms with Crippen LogP contribution in [0.4, 0.5) is 5.69 Å². The van der Waals surface area contributed by atoms with Crippen LogP contribution >= 0.6 is 0 Å². The van der Waals surface area contributed by atoms with E-state index in [2.05, 4.69) is 29.6 Å². The minimum absolute atomic E-state index is 0.0141. The van der Waals surface area contributed by atoms with Crippen molar-refractivity contribution in [3.8, 4) is 11.3 Å². The Kier molecular flexibility index (Phi) is 5.50. The number of benzene rings is 3. The number of imidazole rings is 1. The Morgan fingerprint density at radius 1 is 0.781 bits per heavy atom. The average Bonchev–Trinajstić information content (AvgIpc) is 3.28. The van der Waals surface area contributed by atoms with Crippen LogP contribution in [-0.4, -0.2) is 15.3 Å². The highest BCUT2D eigenvalue weighted by Crippen LogP contribution is 2.31. The lowest BCUT2D eigenvalue weighted by molar-refractivity contribution is -0.116. The second kappa shape index (κ2) is 8.90. The van der Waals surface area contributed by atoms with Gasteiger partial charge in [0, 0.05) is 30.3 Å². The summed E-state index contributed by atoms with van der Waals surface area (Å²) in [5.41, 5.74) is 5.62. The number of carbonyl (C=O) groups is 1. The molecule has 5 aromatic rings. The van der Waals surface area contributed by atoms with Crippen LogP contribution in [0.25, 0.3) is 16.9 Å². The number of pyridine rings is 1. The lowest BCUT2D eigenvalue weighted by Gasteiger charge is -2.18. The first-order valence-electron chi connectivity index (χ1n) is 10.7. The van der Waals surface area contributed by atoms with Crippen molar-refractivity contribution in [3.05, 3.63) is 127 Å². The van der Waals surface area contributed by atoms with E-state index < -0.39 is 0 Å². The molecule has 32 heavy (non-hydrogen) atoms. The van der Waals surface area contributed by atoms with Crippen molar-refractivity contribution in [3.63, 3.8) is 0 Å². The Morgan fingerprint density at radius 2 is 1.41 bits per heavy atom. The lowest BCUT2D eigenvalue weighted by Crippen LogP contribution is -2.17. The maximum Gasteiger partial charge on any atom is 0.225 e. The molecule has 0 unspecified atom stereocenters. The molecule has 0 aliphatic heterocycles. The van der Waals surface area contributed by atoms with Crippen molar-refractivity contribution in [2.75, 3.05) is 5.32 Å². The molecule has 1 amide bonds. The molecule has 1 N–H and O–H groups in total. The van der Waals surface area contributed by atoms with Crippen molar-refractivity contribution in [2.45, 2.75) is 12.3 Å². The summed E-state index contributed by atoms with van der Waals surface area (Å²) < 4.78 is 1.98. The second-order valence-corrected chi connectivity index (χ2v) is 7.76. The maximum atomic E-state index is 13.2. The van der Waals surface area contributed by atoms with E-state index in [9.17, 15) is 4.79 Å². The Hall–Kier alpha value is -4.18. The molecule has 4 nitrogen and oxygen atoms in total. The van der Waals surface area contributed by atoms with Crippen LogP contribution in [0.15, 0.2) is 116 Å². The van der Waals surface area contributed by atoms with E-state index in [1.54, 1.807) is 0 Å². The molecule has 0 atom stereocenters. The molecule has 0 fully saturated rings. The summed E-state index contributed by atoms with van der Waals surface area (Å²) in [6.45, 7) is 0. The molecule has 4 heteroatoms. The smallest absolute Gasteiger partial charge is 0.225 e. The highest BCUT2D eigenvalue weighted by molar-refractivity contribution is 5.95. The zero-order valence-corrected chi connectivity index (χ0v) is 17.6. The summed E-state index contributed by atoms with van der Waals surface area (Å²) in [7, 11) is 0. The van der Waals surface area contributed by atoms with Crippen molar-refractivity contribution >= 4 is 17.2 Å². The molecule has 5 rings (SSSR count). The largest absolute Gasteiger partial charge is 0.325 e. The zero-order chi connectivity index (χ0) is 21.8. The molecule has 156 valence electrons. The molecule has 2 heterocycles. The van der Waals surface area contributed by atoms with E-state index in [0.29, 0.717) is 6.42 Å². The maximum absolute atomic E-state index is 13.2. The van der Waals surface area contributed by atoms with Gasteiger partial charge < -0.3 is 9.72 Å². The van der Waals surface area contributed by atoms with Gasteiger partial charge in [-0.3, -0.25) is 4.79 Å². The molecule has 0 radical (unpaired) electrons. The van der Waals surface area contributed by atoms with Gasteiger partial charge in [0.25, 0.3) is 0 Å². The van der Waals surface area contributed by atoms with E-state index in [0.717, 1.165) is 33.7 Å². The van der Waals surface area contributed by atoms with Gasteiger partial charge in [0.1, 0.15) is 5.65 Å². The Morgan fingerprint density at radius 3 is 2.09 bits per heavy atom. The van der Waals surface area contributed by atoms with E-state index >= 15 is 0 Å². The highest BCUT2D eigenvalue weighted by atomic mass is 16.1. The number of hydrogen-bond acceptors (Lipinski definition) is 2. The predicted octanol–water partition coefficient (Wildman–Crippen LogP) is 6.16. The summed E-state index contributed by atoms with van der Waals surface area (Å²) in [5, 5.41) is 3.14. The fourth-order valence-corrected chi connectivity index (χ4v) is 4.07. The van der Waals surface area contributed by atoms with Crippen LogP contribution in [0.1, 0.15) is 23.5 Å². The minimum atomic E-state index is -0.0288. The molecule has 0 spiro atoms. The van der Waals surface area contributed by atoms with Gasteiger partial charge >= 0.3 is 0 Å². The third kappa shape index (κ3) is 4.16. The molecule has 0 aliphatic carbocycles. The van der Waals surface area contributed by atoms with Crippen LogP contribution in [0.5, 0.6) is 0 Å². The van der Waals surface area contributed by atoms with E-state index in [1.165, 1.54) is 0 Å². The summed E-state index contributed by atoms with van der Waals surface area (Å²) in [5.74, 6) is -0.0429. The number of fused-ring (bicyclic) bond motifs is 1. The number of para-hydroxylation sites is 1. The van der Waals surface area contributed by atoms with Gasteiger partial charge in [-0.25, -0.2) is 4.98 Å². The van der Waals surface area contributed by atoms with Crippen molar-refractivity contribution < 1.29 is 4.79 Å². The van der Waals surface area contributed by atoms with Crippen molar-refractivity contribution in [2.24, 2.45) is 0 Å². The number of anilines is 1. The summed E-state index contributed by atoms with van der Waals surface area (Å²) >= 11 is 0. The fourth-order valence-electron chi connectivity index (χ4n) is 4.07. The molecule has 2 aromatic heterocycles. The van der Waals surface area contributed by atoms with Crippen LogP contribution in [0.3, 0.4) is 0 Å². The predicted molar refractivity (Wildman–Crippen MR) is 129 cm³/mol. The first kappa shape index (κ1) is 19.8. The zero-order valence-electron chi connectivity index (χ0n) is 17.6. The van der Waals surface area contributed by atoms with E-state index in [-0.39, 0.29) is 11.8 Å². The molecule has 0 bridgehead atoms. The summed E-state index contributed by atoms with van der Waals surface area (Å²) in [4.78, 5) is 17.9. The Balaban J connectivity index is 1.42. The first-order chi connectivity index (χ1) is 15.8. The summed E-state index contributed by atoms with van der Waals surface area (Å²) in [6, 6.07) is 34.1. The van der Waals surface area contributed by atoms with Crippen LogP contribution in [0, 0.1) is 0 Å². The Labute approximate surface area is 187 Å². The van der Waals surface area contributed by atoms with Gasteiger partial charge in [0.2, 0.25) is 5.91 Å². The van der Waals surface area contributed by atoms with Gasteiger partial charge in [-0.15, -0.1) is 0 Å². The molecule has 0 saturated heterocycles. The minimum Gasteiger partial charge on any atom is -0.325 e. The fraction of sp³-hybridized carbons (Fsp3) is 0.0714. The molecule has 0 aliphatic rings. The van der Waals surface area contributed by atoms with E-state index in [4.69, 9.17) is 4.98 Å². The summed E-state index contributed by atoms with van der Waals surface area (Å²) in [6.07, 6.45) is 4.31. The Bertz CT molecular complexity index is 1270. The third-order valence-corrected chi connectivity index (χ3v) is 5.63. The SMILES string of the molecule is O=C(CC(c1ccccc1)c1ccccc1)Nc1ccccc1-c1cn2ccccc2n1. The second-order valence-electron chi connectivity index (χ2n) is 7.76. The lowest BCUT2D eigenvalue weighted by atomic mass is 9.88. The standard InChI is InChI=1S/C28H23N3O/c32-28(19-24(21-11-3-1-4-12-21)22-13-5-2-6-14-22)30-25-16-8-7-15-23(25)26-20-31-18-10-9-17-27(31)29-26/h1-18,20,24H,19H2,(H,30,32). The first-order valence-corrected chi connectivity index (χ1v) is 10.7. The normalized spacial score (nSPS) is 11.0. The number of carbonyl (C=O) groups excluding carboxylic acids is 1. The number of nitrogens with zero attached hydrogens (tertiary/aromatic N) is 2. The number of aromatic nitrogens is 2. The number of nitrogens with one attached hydrogen (secondary N) is 1. The van der Waals surface area contributed by atoms with Gasteiger partial charge in [0.15, 0.2) is 0 Å². The van der Waals surface area contributed by atoms with Crippen LogP contribution < -0.4 is 5.32 Å². The topological polar surface area (TPSA) is 46.4 Å². The van der Waals surface area contributed by atoms with Gasteiger partial charge in [-0.05, 0) is 29.3 Å². The molecular weight excluding hydrogens is 394 g/mol. The number of amides is 1. The van der Waals surface area contributed by atoms with Gasteiger partial charge in [-0.2, -0.15) is 0 Å². The number of rotatable bonds is 6. The van der Waals surface area contributed by atoms with E-state index in [1.807, 2.05) is 95.7 Å². The van der Waals surface area contributed by atoms with Gasteiger partial charge in [-0.1, -0.05) is 84.9 Å². The van der Waals surface area contributed by atoms with Crippen molar-refractivity contribution in [1.82, 2.24) is 9.38 Å². The molecule has 0 saturated carbocycles. The van der Waals surface area contributed by atoms with Crippen molar-refractivity contribution in [1.29, 1.82) is 0 Å². The quantitative estimate of drug-likeness (QED) is 0.359. The number of hydrogen-bond donors (Lipinski definition) is 1.